The van der Waals surface area contributed by atoms with Crippen molar-refractivity contribution in [3.8, 4) is 16.9 Å². The maximum Gasteiger partial charge on any atom is 0.303 e. The van der Waals surface area contributed by atoms with E-state index in [9.17, 15) is 25.3 Å². The first-order chi connectivity index (χ1) is 12.3. The van der Waals surface area contributed by atoms with Gasteiger partial charge in [-0.2, -0.15) is 0 Å². The van der Waals surface area contributed by atoms with E-state index >= 15 is 0 Å². The van der Waals surface area contributed by atoms with Crippen LogP contribution in [0, 0.1) is 20.2 Å². The number of hydrogen-bond acceptors (Lipinski definition) is 8. The van der Waals surface area contributed by atoms with Crippen LogP contribution in [-0.4, -0.2) is 33.2 Å². The number of nitrogens with zero attached hydrogens (tertiary/aromatic N) is 2. The number of rotatable bonds is 7. The van der Waals surface area contributed by atoms with Gasteiger partial charge in [-0.05, 0) is 18.6 Å². The van der Waals surface area contributed by atoms with Crippen LogP contribution < -0.4 is 11.1 Å². The molecule has 0 bridgehead atoms. The first-order valence-corrected chi connectivity index (χ1v) is 7.74. The van der Waals surface area contributed by atoms with Crippen molar-refractivity contribution in [1.29, 1.82) is 0 Å². The van der Waals surface area contributed by atoms with E-state index in [1.54, 1.807) is 0 Å². The van der Waals surface area contributed by atoms with Crippen LogP contribution in [-0.2, 0) is 0 Å². The second-order valence-corrected chi connectivity index (χ2v) is 5.67. The van der Waals surface area contributed by atoms with Gasteiger partial charge in [0.05, 0.1) is 14.9 Å². The van der Waals surface area contributed by atoms with Crippen LogP contribution in [0.2, 0.25) is 5.02 Å². The van der Waals surface area contributed by atoms with Crippen molar-refractivity contribution in [1.82, 2.24) is 0 Å². The molecule has 0 spiro atoms. The summed E-state index contributed by atoms with van der Waals surface area (Å²) in [5.74, 6) is -0.452. The second kappa shape index (κ2) is 7.85. The van der Waals surface area contributed by atoms with Crippen LogP contribution in [0.5, 0.6) is 5.75 Å². The van der Waals surface area contributed by atoms with E-state index in [1.165, 1.54) is 12.1 Å². The Bertz CT molecular complexity index is 850. The first-order valence-electron chi connectivity index (χ1n) is 7.36. The molecule has 5 N–H and O–H groups in total. The Labute approximate surface area is 152 Å². The molecule has 2 aromatic carbocycles. The van der Waals surface area contributed by atoms with Gasteiger partial charge in [0.1, 0.15) is 17.0 Å². The Kier molecular flexibility index (Phi) is 5.80. The van der Waals surface area contributed by atoms with Crippen molar-refractivity contribution in [2.75, 3.05) is 24.2 Å². The Morgan fingerprint density at radius 1 is 1.15 bits per heavy atom. The van der Waals surface area contributed by atoms with Crippen LogP contribution >= 0.6 is 11.6 Å². The Hall–Kier alpha value is -3.11. The summed E-state index contributed by atoms with van der Waals surface area (Å²) in [7, 11) is 0. The fourth-order valence-electron chi connectivity index (χ4n) is 2.44. The molecular weight excluding hydrogens is 368 g/mol. The van der Waals surface area contributed by atoms with Crippen molar-refractivity contribution in [3.63, 3.8) is 0 Å². The number of aliphatic hydroxyl groups is 1. The highest BCUT2D eigenvalue weighted by Gasteiger charge is 2.28. The summed E-state index contributed by atoms with van der Waals surface area (Å²) in [6.45, 7) is 0.151. The summed E-state index contributed by atoms with van der Waals surface area (Å²) in [6.07, 6.45) is 0.355. The number of phenolic OH excluding ortho intramolecular Hbond substituents is 1. The fourth-order valence-corrected chi connectivity index (χ4v) is 2.76. The lowest BCUT2D eigenvalue weighted by atomic mass is 9.99. The largest absolute Gasteiger partial charge is 0.507 e. The standard InChI is InChI=1S/C15H15ClN4O6/c16-9-6-8(19(23)24)7-10(17)13(9)14-12(22)3-2-11(15(14)20(25)26)18-4-1-5-21/h2-3,6-7,18,21-22H,1,4-5,17H2. The Balaban J connectivity index is 2.71. The van der Waals surface area contributed by atoms with Crippen LogP contribution in [0.4, 0.5) is 22.7 Å². The quantitative estimate of drug-likeness (QED) is 0.186. The van der Waals surface area contributed by atoms with Gasteiger partial charge >= 0.3 is 5.69 Å². The zero-order chi connectivity index (χ0) is 19.4. The van der Waals surface area contributed by atoms with Gasteiger partial charge < -0.3 is 21.3 Å². The average molecular weight is 383 g/mol. The highest BCUT2D eigenvalue weighted by atomic mass is 35.5. The fraction of sp³-hybridized carbons (Fsp3) is 0.200. The Morgan fingerprint density at radius 3 is 2.38 bits per heavy atom. The molecule has 0 amide bonds. The van der Waals surface area contributed by atoms with Crippen molar-refractivity contribution >= 4 is 34.4 Å². The van der Waals surface area contributed by atoms with E-state index in [4.69, 9.17) is 22.4 Å². The van der Waals surface area contributed by atoms with Crippen LogP contribution in [0.25, 0.3) is 11.1 Å². The smallest absolute Gasteiger partial charge is 0.303 e. The van der Waals surface area contributed by atoms with Crippen LogP contribution in [0.15, 0.2) is 24.3 Å². The number of hydrogen-bond donors (Lipinski definition) is 4. The average Bonchev–Trinajstić information content (AvgIpc) is 2.56. The third-order valence-corrected chi connectivity index (χ3v) is 3.85. The predicted molar refractivity (Wildman–Crippen MR) is 96.5 cm³/mol. The lowest BCUT2D eigenvalue weighted by Crippen LogP contribution is -2.07. The molecule has 0 fully saturated rings. The van der Waals surface area contributed by atoms with Crippen LogP contribution in [0.3, 0.4) is 0 Å². The molecule has 0 aliphatic heterocycles. The molecular formula is C15H15ClN4O6. The van der Waals surface area contributed by atoms with E-state index in [0.717, 1.165) is 12.1 Å². The number of phenols is 1. The molecule has 2 aromatic rings. The molecule has 10 nitrogen and oxygen atoms in total. The highest BCUT2D eigenvalue weighted by molar-refractivity contribution is 6.34. The number of anilines is 2. The lowest BCUT2D eigenvalue weighted by Gasteiger charge is -2.14. The molecule has 0 aromatic heterocycles. The van der Waals surface area contributed by atoms with Gasteiger partial charge in [-0.1, -0.05) is 11.6 Å². The zero-order valence-corrected chi connectivity index (χ0v) is 14.1. The number of nitrogen functional groups attached to an aromatic ring is 1. The van der Waals surface area contributed by atoms with Gasteiger partial charge in [-0.15, -0.1) is 0 Å². The SMILES string of the molecule is Nc1cc([N+](=O)[O-])cc(Cl)c1-c1c(O)ccc(NCCCO)c1[N+](=O)[O-]. The minimum atomic E-state index is -0.715. The number of nitrogens with one attached hydrogen (secondary N) is 1. The zero-order valence-electron chi connectivity index (χ0n) is 13.3. The minimum absolute atomic E-state index is 0.0766. The predicted octanol–water partition coefficient (Wildman–Crippen LogP) is 2.91. The number of benzene rings is 2. The van der Waals surface area contributed by atoms with E-state index in [0.29, 0.717) is 6.42 Å². The van der Waals surface area contributed by atoms with Crippen molar-refractivity contribution in [3.05, 3.63) is 49.5 Å². The van der Waals surface area contributed by atoms with Gasteiger partial charge in [-0.3, -0.25) is 20.2 Å². The molecule has 0 atom stereocenters. The maximum absolute atomic E-state index is 11.6. The van der Waals surface area contributed by atoms with Gasteiger partial charge in [0, 0.05) is 36.5 Å². The van der Waals surface area contributed by atoms with E-state index in [2.05, 4.69) is 5.32 Å². The van der Waals surface area contributed by atoms with Crippen molar-refractivity contribution in [2.24, 2.45) is 0 Å². The number of aliphatic hydroxyl groups excluding tert-OH is 1. The second-order valence-electron chi connectivity index (χ2n) is 5.27. The van der Waals surface area contributed by atoms with Gasteiger partial charge in [-0.25, -0.2) is 0 Å². The van der Waals surface area contributed by atoms with Crippen molar-refractivity contribution < 1.29 is 20.1 Å². The van der Waals surface area contributed by atoms with Crippen molar-refractivity contribution in [2.45, 2.75) is 6.42 Å². The summed E-state index contributed by atoms with van der Waals surface area (Å²) in [5, 5.41) is 44.1. The summed E-state index contributed by atoms with van der Waals surface area (Å²) in [5.41, 5.74) is 4.54. The van der Waals surface area contributed by atoms with E-state index in [1.807, 2.05) is 0 Å². The molecule has 0 aliphatic rings. The van der Waals surface area contributed by atoms with Gasteiger partial charge in [0.2, 0.25) is 0 Å². The third-order valence-electron chi connectivity index (χ3n) is 3.56. The molecule has 138 valence electrons. The molecule has 0 unspecified atom stereocenters. The number of nitrogens with two attached hydrogens (primary N) is 1. The first kappa shape index (κ1) is 19.2. The number of nitro groups is 2. The number of nitro benzene ring substituents is 2. The van der Waals surface area contributed by atoms with E-state index < -0.39 is 21.3 Å². The summed E-state index contributed by atoms with van der Waals surface area (Å²) in [6, 6.07) is 4.54. The summed E-state index contributed by atoms with van der Waals surface area (Å²) < 4.78 is 0. The number of aromatic hydroxyl groups is 1. The summed E-state index contributed by atoms with van der Waals surface area (Å²) >= 11 is 6.07. The number of halogens is 1. The maximum atomic E-state index is 11.6. The molecule has 0 saturated heterocycles. The molecule has 26 heavy (non-hydrogen) atoms. The highest BCUT2D eigenvalue weighted by Crippen LogP contribution is 2.48. The normalized spacial score (nSPS) is 10.5. The van der Waals surface area contributed by atoms with Gasteiger partial charge in [0.15, 0.2) is 0 Å². The molecule has 0 heterocycles. The molecule has 0 aliphatic carbocycles. The van der Waals surface area contributed by atoms with Crippen LogP contribution in [0.1, 0.15) is 6.42 Å². The minimum Gasteiger partial charge on any atom is -0.507 e. The van der Waals surface area contributed by atoms with Gasteiger partial charge in [0.25, 0.3) is 5.69 Å². The molecule has 0 radical (unpaired) electrons. The molecule has 11 heteroatoms. The molecule has 2 rings (SSSR count). The lowest BCUT2D eigenvalue weighted by molar-refractivity contribution is -0.384. The molecule has 0 saturated carbocycles. The van der Waals surface area contributed by atoms with E-state index in [-0.39, 0.29) is 46.4 Å². The summed E-state index contributed by atoms with van der Waals surface area (Å²) in [4.78, 5) is 21.1. The third kappa shape index (κ3) is 3.76. The Morgan fingerprint density at radius 2 is 1.85 bits per heavy atom. The monoisotopic (exact) mass is 382 g/mol. The topological polar surface area (TPSA) is 165 Å². The number of non-ortho nitro benzene ring substituents is 1.